The smallest absolute Gasteiger partial charge is 0.146 e. The van der Waals surface area contributed by atoms with Gasteiger partial charge in [-0.3, -0.25) is 4.72 Å². The third-order valence-electron chi connectivity index (χ3n) is 3.94. The fourth-order valence-corrected chi connectivity index (χ4v) is 5.43. The number of nitrogens with zero attached hydrogens (tertiary/aromatic N) is 2. The van der Waals surface area contributed by atoms with Crippen LogP contribution in [0.2, 0.25) is 0 Å². The molecule has 0 aliphatic carbocycles. The highest BCUT2D eigenvalue weighted by Gasteiger charge is 2.41. The minimum absolute atomic E-state index is 0.0976. The Morgan fingerprint density at radius 3 is 3.00 bits per heavy atom. The van der Waals surface area contributed by atoms with E-state index in [4.69, 9.17) is 5.73 Å². The summed E-state index contributed by atoms with van der Waals surface area (Å²) in [6.07, 6.45) is 1.62. The number of pyridine rings is 1. The number of nitrogens with one attached hydrogen (secondary N) is 1. The summed E-state index contributed by atoms with van der Waals surface area (Å²) in [7, 11) is 0. The fraction of sp³-hybridized carbons (Fsp3) is 0.571. The van der Waals surface area contributed by atoms with Gasteiger partial charge in [0.15, 0.2) is 0 Å². The number of hydrogen-bond donors (Lipinski definition) is 3. The average Bonchev–Trinajstić information content (AvgIpc) is 2.52. The molecule has 1 aromatic heterocycles. The van der Waals surface area contributed by atoms with Crippen molar-refractivity contribution in [1.82, 2.24) is 9.71 Å². The summed E-state index contributed by atoms with van der Waals surface area (Å²) in [6.45, 7) is 1.68. The van der Waals surface area contributed by atoms with Crippen molar-refractivity contribution in [2.75, 3.05) is 19.0 Å². The van der Waals surface area contributed by atoms with Crippen LogP contribution in [0.1, 0.15) is 25.5 Å². The topological polar surface area (TPSA) is 74.7 Å². The van der Waals surface area contributed by atoms with Crippen LogP contribution in [0.25, 0.3) is 0 Å². The van der Waals surface area contributed by atoms with Crippen molar-refractivity contribution in [2.24, 2.45) is 5.73 Å². The molecule has 0 amide bonds. The van der Waals surface area contributed by atoms with Crippen LogP contribution in [-0.2, 0) is 5.54 Å². The molecule has 22 heavy (non-hydrogen) atoms. The molecule has 1 unspecified atom stereocenters. The highest BCUT2D eigenvalue weighted by atomic mass is 79.9. The second-order valence-electron chi connectivity index (χ2n) is 5.74. The van der Waals surface area contributed by atoms with E-state index in [2.05, 4.69) is 31.7 Å². The van der Waals surface area contributed by atoms with E-state index in [1.807, 2.05) is 6.92 Å². The summed E-state index contributed by atoms with van der Waals surface area (Å²) in [6, 6.07) is 4.98. The number of nitriles is 1. The molecule has 2 heterocycles. The second kappa shape index (κ2) is 6.79. The first-order valence-corrected chi connectivity index (χ1v) is 9.26. The summed E-state index contributed by atoms with van der Waals surface area (Å²) < 4.78 is 30.9. The maximum Gasteiger partial charge on any atom is 0.146 e. The molecular weight excluding hydrogens is 374 g/mol. The first-order valence-electron chi connectivity index (χ1n) is 6.94. The fourth-order valence-electron chi connectivity index (χ4n) is 2.53. The summed E-state index contributed by atoms with van der Waals surface area (Å²) in [5.41, 5.74) is 4.53. The molecular formula is C14H19BrF2N4S. The average molecular weight is 393 g/mol. The third-order valence-corrected chi connectivity index (χ3v) is 7.38. The summed E-state index contributed by atoms with van der Waals surface area (Å²) in [5, 5.41) is 9.45. The first kappa shape index (κ1) is 17.6. The normalized spacial score (nSPS) is 29.5. The highest BCUT2D eigenvalue weighted by Crippen LogP contribution is 2.46. The predicted octanol–water partition coefficient (Wildman–Crippen LogP) is 2.69. The SMILES string of the molecule is C[C@]1(C#N)CCCN[SH]1C[C@@](N)(CF)c1nc(Br)ccc1F. The zero-order valence-electron chi connectivity index (χ0n) is 12.2. The third kappa shape index (κ3) is 3.43. The van der Waals surface area contributed by atoms with E-state index >= 15 is 0 Å². The van der Waals surface area contributed by atoms with Crippen molar-refractivity contribution in [3.63, 3.8) is 0 Å². The van der Waals surface area contributed by atoms with Gasteiger partial charge in [0, 0.05) is 12.3 Å². The second-order valence-corrected chi connectivity index (χ2v) is 9.03. The van der Waals surface area contributed by atoms with Crippen molar-refractivity contribution >= 4 is 27.0 Å². The monoisotopic (exact) mass is 392 g/mol. The van der Waals surface area contributed by atoms with E-state index < -0.39 is 33.9 Å². The number of halogens is 3. The van der Waals surface area contributed by atoms with Crippen LogP contribution in [0.3, 0.4) is 0 Å². The van der Waals surface area contributed by atoms with Crippen LogP contribution in [0.15, 0.2) is 16.7 Å². The predicted molar refractivity (Wildman–Crippen MR) is 88.8 cm³/mol. The van der Waals surface area contributed by atoms with Gasteiger partial charge in [-0.1, -0.05) is 0 Å². The molecule has 3 atom stereocenters. The van der Waals surface area contributed by atoms with E-state index in [0.29, 0.717) is 4.60 Å². The maximum atomic E-state index is 14.1. The summed E-state index contributed by atoms with van der Waals surface area (Å²) in [4.78, 5) is 4.03. The summed E-state index contributed by atoms with van der Waals surface area (Å²) in [5.74, 6) is -0.461. The van der Waals surface area contributed by atoms with Gasteiger partial charge in [0.2, 0.25) is 0 Å². The molecule has 4 nitrogen and oxygen atoms in total. The van der Waals surface area contributed by atoms with Crippen LogP contribution >= 0.6 is 27.0 Å². The number of alkyl halides is 1. The number of aromatic nitrogens is 1. The number of rotatable bonds is 4. The van der Waals surface area contributed by atoms with Gasteiger partial charge in [-0.05, 0) is 47.8 Å². The quantitative estimate of drug-likeness (QED) is 0.543. The molecule has 8 heteroatoms. The van der Waals surface area contributed by atoms with Crippen molar-refractivity contribution in [2.45, 2.75) is 30.1 Å². The van der Waals surface area contributed by atoms with E-state index in [-0.39, 0.29) is 11.4 Å². The zero-order chi connectivity index (χ0) is 16.4. The maximum absolute atomic E-state index is 14.1. The van der Waals surface area contributed by atoms with Crippen LogP contribution < -0.4 is 10.5 Å². The molecule has 0 radical (unpaired) electrons. The lowest BCUT2D eigenvalue weighted by molar-refractivity contribution is 0.321. The van der Waals surface area contributed by atoms with Gasteiger partial charge in [-0.15, -0.1) is 0 Å². The first-order chi connectivity index (χ1) is 10.3. The molecule has 1 saturated heterocycles. The Morgan fingerprint density at radius 1 is 1.64 bits per heavy atom. The lowest BCUT2D eigenvalue weighted by Crippen LogP contribution is -2.49. The van der Waals surface area contributed by atoms with Crippen molar-refractivity contribution in [1.29, 1.82) is 5.26 Å². The van der Waals surface area contributed by atoms with Crippen LogP contribution in [0, 0.1) is 17.1 Å². The molecule has 1 aliphatic heterocycles. The van der Waals surface area contributed by atoms with Gasteiger partial charge in [-0.25, -0.2) is 13.8 Å². The van der Waals surface area contributed by atoms with E-state index in [1.165, 1.54) is 12.1 Å². The van der Waals surface area contributed by atoms with Gasteiger partial charge in [0.25, 0.3) is 0 Å². The standard InChI is InChI=1S/C14H19BrF2N4S/c1-13(8-18)5-2-6-20-22(13)9-14(19,7-16)12-10(17)3-4-11(15)21-12/h3-4,20,22H,2,5-7,9,19H2,1H3/t13-,14+/m1/s1. The highest BCUT2D eigenvalue weighted by molar-refractivity contribution is 9.10. The molecule has 0 spiro atoms. The molecule has 1 fully saturated rings. The van der Waals surface area contributed by atoms with Gasteiger partial charge < -0.3 is 5.73 Å². The zero-order valence-corrected chi connectivity index (χ0v) is 14.7. The van der Waals surface area contributed by atoms with Crippen LogP contribution in [0.4, 0.5) is 8.78 Å². The van der Waals surface area contributed by atoms with Gasteiger partial charge in [0.1, 0.15) is 22.8 Å². The van der Waals surface area contributed by atoms with Crippen molar-refractivity contribution in [3.05, 3.63) is 28.2 Å². The van der Waals surface area contributed by atoms with Gasteiger partial charge in [0.05, 0.1) is 16.4 Å². The largest absolute Gasteiger partial charge is 0.317 e. The molecule has 1 aliphatic rings. The Kier molecular flexibility index (Phi) is 5.43. The van der Waals surface area contributed by atoms with E-state index in [1.54, 1.807) is 0 Å². The molecule has 0 aromatic carbocycles. The number of nitrogens with two attached hydrogens (primary N) is 1. The Bertz CT molecular complexity index is 597. The van der Waals surface area contributed by atoms with Crippen LogP contribution in [0.5, 0.6) is 0 Å². The molecule has 1 aromatic rings. The molecule has 3 N–H and O–H groups in total. The Labute approximate surface area is 140 Å². The minimum Gasteiger partial charge on any atom is -0.317 e. The molecule has 2 rings (SSSR count). The molecule has 0 bridgehead atoms. The van der Waals surface area contributed by atoms with Crippen LogP contribution in [-0.4, -0.2) is 28.7 Å². The lowest BCUT2D eigenvalue weighted by Gasteiger charge is -2.44. The Balaban J connectivity index is 2.34. The van der Waals surface area contributed by atoms with Gasteiger partial charge >= 0.3 is 0 Å². The van der Waals surface area contributed by atoms with E-state index in [0.717, 1.165) is 19.4 Å². The number of thiol groups is 1. The Hall–Kier alpha value is -0.750. The van der Waals surface area contributed by atoms with Crippen molar-refractivity contribution < 1.29 is 8.78 Å². The summed E-state index contributed by atoms with van der Waals surface area (Å²) >= 11 is 2.11. The van der Waals surface area contributed by atoms with Gasteiger partial charge in [-0.2, -0.15) is 16.3 Å². The molecule has 0 saturated carbocycles. The minimum atomic E-state index is -1.54. The van der Waals surface area contributed by atoms with Crippen molar-refractivity contribution in [3.8, 4) is 6.07 Å². The Morgan fingerprint density at radius 2 is 2.36 bits per heavy atom. The molecule has 122 valence electrons. The van der Waals surface area contributed by atoms with E-state index in [9.17, 15) is 14.0 Å². The lowest BCUT2D eigenvalue weighted by atomic mass is 10.00. The number of hydrogen-bond acceptors (Lipinski definition) is 4.